The molecule has 0 bridgehead atoms. The molecule has 3 rings (SSSR count). The predicted molar refractivity (Wildman–Crippen MR) is 92.5 cm³/mol. The number of nitrogens with one attached hydrogen (secondary N) is 2. The van der Waals surface area contributed by atoms with E-state index < -0.39 is 0 Å². The highest BCUT2D eigenvalue weighted by Crippen LogP contribution is 2.23. The third kappa shape index (κ3) is 4.27. The first-order chi connectivity index (χ1) is 11.2. The molecule has 0 spiro atoms. The van der Waals surface area contributed by atoms with E-state index in [1.807, 2.05) is 30.3 Å². The van der Waals surface area contributed by atoms with Gasteiger partial charge in [0.25, 0.3) is 0 Å². The number of carbonyl (C=O) groups excluding carboxylic acids is 1. The molecule has 1 aliphatic rings. The highest BCUT2D eigenvalue weighted by atomic mass is 32.1. The van der Waals surface area contributed by atoms with Crippen molar-refractivity contribution in [3.05, 3.63) is 30.3 Å². The lowest BCUT2D eigenvalue weighted by atomic mass is 10.1. The predicted octanol–water partition coefficient (Wildman–Crippen LogP) is 1.83. The van der Waals surface area contributed by atoms with Gasteiger partial charge < -0.3 is 10.6 Å². The Labute approximate surface area is 140 Å². The van der Waals surface area contributed by atoms with Crippen molar-refractivity contribution in [2.24, 2.45) is 0 Å². The number of benzene rings is 1. The molecule has 2 heterocycles. The minimum atomic E-state index is 0.0769. The molecule has 0 unspecified atom stereocenters. The first-order valence-electron chi connectivity index (χ1n) is 7.83. The van der Waals surface area contributed by atoms with Crippen LogP contribution in [0.4, 0.5) is 5.13 Å². The van der Waals surface area contributed by atoms with E-state index in [-0.39, 0.29) is 5.91 Å². The average Bonchev–Trinajstić information content (AvgIpc) is 3.06. The molecule has 1 aliphatic heterocycles. The Kier molecular flexibility index (Phi) is 5.19. The van der Waals surface area contributed by atoms with Crippen molar-refractivity contribution in [2.45, 2.75) is 18.9 Å². The topological polar surface area (TPSA) is 70.2 Å². The van der Waals surface area contributed by atoms with Crippen LogP contribution in [0.15, 0.2) is 30.3 Å². The number of likely N-dealkylation sites (tertiary alicyclic amines) is 1. The van der Waals surface area contributed by atoms with Crippen LogP contribution in [0.2, 0.25) is 0 Å². The lowest BCUT2D eigenvalue weighted by molar-refractivity contribution is -0.122. The van der Waals surface area contributed by atoms with E-state index in [9.17, 15) is 4.79 Å². The maximum absolute atomic E-state index is 11.4. The fourth-order valence-corrected chi connectivity index (χ4v) is 3.34. The second kappa shape index (κ2) is 7.52. The lowest BCUT2D eigenvalue weighted by Crippen LogP contribution is -2.43. The molecule has 1 aromatic heterocycles. The van der Waals surface area contributed by atoms with Gasteiger partial charge in [0.15, 0.2) is 5.82 Å². The van der Waals surface area contributed by atoms with E-state index in [4.69, 9.17) is 0 Å². The van der Waals surface area contributed by atoms with Gasteiger partial charge in [-0.05, 0) is 12.8 Å². The summed E-state index contributed by atoms with van der Waals surface area (Å²) in [4.78, 5) is 18.2. The molecule has 0 radical (unpaired) electrons. The summed E-state index contributed by atoms with van der Waals surface area (Å²) in [5.41, 5.74) is 1.04. The molecule has 1 fully saturated rings. The quantitative estimate of drug-likeness (QED) is 0.875. The van der Waals surface area contributed by atoms with Gasteiger partial charge in [-0.3, -0.25) is 9.69 Å². The van der Waals surface area contributed by atoms with Crippen LogP contribution in [0, 0.1) is 0 Å². The zero-order valence-electron chi connectivity index (χ0n) is 13.2. The highest BCUT2D eigenvalue weighted by Gasteiger charge is 2.21. The summed E-state index contributed by atoms with van der Waals surface area (Å²) >= 11 is 1.40. The van der Waals surface area contributed by atoms with E-state index >= 15 is 0 Å². The van der Waals surface area contributed by atoms with Crippen molar-refractivity contribution in [3.63, 3.8) is 0 Å². The molecular weight excluding hydrogens is 310 g/mol. The van der Waals surface area contributed by atoms with Gasteiger partial charge in [-0.25, -0.2) is 0 Å². The SMILES string of the molecule is CNC(=O)CN1CCC(Nc2nc(-c3ccccc3)ns2)CC1. The van der Waals surface area contributed by atoms with Gasteiger partial charge in [0, 0.05) is 43.3 Å². The second-order valence-electron chi connectivity index (χ2n) is 5.66. The molecule has 1 amide bonds. The highest BCUT2D eigenvalue weighted by molar-refractivity contribution is 7.09. The first-order valence-corrected chi connectivity index (χ1v) is 8.60. The molecule has 6 nitrogen and oxygen atoms in total. The molecule has 7 heteroatoms. The van der Waals surface area contributed by atoms with Crippen molar-refractivity contribution in [3.8, 4) is 11.4 Å². The number of nitrogens with zero attached hydrogens (tertiary/aromatic N) is 3. The van der Waals surface area contributed by atoms with Crippen LogP contribution in [0.5, 0.6) is 0 Å². The number of amides is 1. The Hall–Kier alpha value is -1.99. The van der Waals surface area contributed by atoms with Gasteiger partial charge in [-0.1, -0.05) is 30.3 Å². The van der Waals surface area contributed by atoms with Crippen LogP contribution in [0.25, 0.3) is 11.4 Å². The molecule has 2 N–H and O–H groups in total. The zero-order valence-corrected chi connectivity index (χ0v) is 14.0. The molecule has 122 valence electrons. The smallest absolute Gasteiger partial charge is 0.233 e. The standard InChI is InChI=1S/C16H21N5OS/c1-17-14(22)11-21-9-7-13(8-10-21)18-16-19-15(20-23-16)12-5-3-2-4-6-12/h2-6,13H,7-11H2,1H3,(H,17,22)(H,18,19,20). The summed E-state index contributed by atoms with van der Waals surface area (Å²) in [6.45, 7) is 2.34. The molecular formula is C16H21N5OS. The third-order valence-corrected chi connectivity index (χ3v) is 4.67. The largest absolute Gasteiger partial charge is 0.358 e. The molecule has 23 heavy (non-hydrogen) atoms. The number of likely N-dealkylation sites (N-methyl/N-ethyl adjacent to an activating group) is 1. The number of carbonyl (C=O) groups is 1. The van der Waals surface area contributed by atoms with Crippen LogP contribution in [-0.2, 0) is 4.79 Å². The van der Waals surface area contributed by atoms with Crippen LogP contribution < -0.4 is 10.6 Å². The molecule has 1 saturated heterocycles. The van der Waals surface area contributed by atoms with E-state index in [1.54, 1.807) is 7.05 Å². The van der Waals surface area contributed by atoms with Gasteiger partial charge in [-0.2, -0.15) is 9.36 Å². The number of anilines is 1. The van der Waals surface area contributed by atoms with Gasteiger partial charge in [0.2, 0.25) is 11.0 Å². The Morgan fingerprint density at radius 1 is 1.30 bits per heavy atom. The van der Waals surface area contributed by atoms with E-state index in [2.05, 4.69) is 24.9 Å². The summed E-state index contributed by atoms with van der Waals surface area (Å²) in [5, 5.41) is 7.01. The summed E-state index contributed by atoms with van der Waals surface area (Å²) < 4.78 is 4.42. The van der Waals surface area contributed by atoms with Crippen molar-refractivity contribution in [2.75, 3.05) is 32.0 Å². The monoisotopic (exact) mass is 331 g/mol. The number of hydrogen-bond acceptors (Lipinski definition) is 6. The maximum atomic E-state index is 11.4. The molecule has 0 aliphatic carbocycles. The summed E-state index contributed by atoms with van der Waals surface area (Å²) in [5.74, 6) is 0.850. The molecule has 2 aromatic rings. The van der Waals surface area contributed by atoms with Gasteiger partial charge >= 0.3 is 0 Å². The summed E-state index contributed by atoms with van der Waals surface area (Å²) in [6, 6.07) is 10.4. The van der Waals surface area contributed by atoms with E-state index in [1.165, 1.54) is 11.5 Å². The number of rotatable bonds is 5. The maximum Gasteiger partial charge on any atom is 0.233 e. The van der Waals surface area contributed by atoms with Gasteiger partial charge in [0.05, 0.1) is 6.54 Å². The fourth-order valence-electron chi connectivity index (χ4n) is 2.68. The van der Waals surface area contributed by atoms with Crippen molar-refractivity contribution in [1.82, 2.24) is 19.6 Å². The Morgan fingerprint density at radius 3 is 2.74 bits per heavy atom. The van der Waals surface area contributed by atoms with Crippen LogP contribution >= 0.6 is 11.5 Å². The van der Waals surface area contributed by atoms with Crippen molar-refractivity contribution in [1.29, 1.82) is 0 Å². The molecule has 0 atom stereocenters. The Bertz CT molecular complexity index is 637. The van der Waals surface area contributed by atoms with E-state index in [0.29, 0.717) is 12.6 Å². The molecule has 0 saturated carbocycles. The van der Waals surface area contributed by atoms with Crippen LogP contribution in [0.1, 0.15) is 12.8 Å². The Morgan fingerprint density at radius 2 is 2.04 bits per heavy atom. The Balaban J connectivity index is 1.51. The third-order valence-electron chi connectivity index (χ3n) is 4.02. The normalized spacial score (nSPS) is 16.2. The first kappa shape index (κ1) is 15.9. The van der Waals surface area contributed by atoms with Crippen LogP contribution in [0.3, 0.4) is 0 Å². The number of hydrogen-bond donors (Lipinski definition) is 2. The van der Waals surface area contributed by atoms with Crippen molar-refractivity contribution >= 4 is 22.6 Å². The van der Waals surface area contributed by atoms with Crippen molar-refractivity contribution < 1.29 is 4.79 Å². The van der Waals surface area contributed by atoms with Crippen LogP contribution in [-0.4, -0.2) is 52.9 Å². The lowest BCUT2D eigenvalue weighted by Gasteiger charge is -2.31. The summed E-state index contributed by atoms with van der Waals surface area (Å²) in [6.07, 6.45) is 2.02. The number of piperidine rings is 1. The fraction of sp³-hybridized carbons (Fsp3) is 0.438. The minimum absolute atomic E-state index is 0.0769. The second-order valence-corrected chi connectivity index (χ2v) is 6.41. The minimum Gasteiger partial charge on any atom is -0.358 e. The summed E-state index contributed by atoms with van der Waals surface area (Å²) in [7, 11) is 1.68. The zero-order chi connectivity index (χ0) is 16.1. The number of aromatic nitrogens is 2. The van der Waals surface area contributed by atoms with Gasteiger partial charge in [-0.15, -0.1) is 0 Å². The van der Waals surface area contributed by atoms with E-state index in [0.717, 1.165) is 42.5 Å². The molecule has 1 aromatic carbocycles. The average molecular weight is 331 g/mol. The van der Waals surface area contributed by atoms with Gasteiger partial charge in [0.1, 0.15) is 0 Å².